The Morgan fingerprint density at radius 2 is 1.91 bits per heavy atom. The van der Waals surface area contributed by atoms with Crippen LogP contribution in [0.25, 0.3) is 5.53 Å². The summed E-state index contributed by atoms with van der Waals surface area (Å²) in [5.41, 5.74) is 7.73. The zero-order valence-corrected chi connectivity index (χ0v) is 15.3. The van der Waals surface area contributed by atoms with Crippen molar-refractivity contribution in [3.63, 3.8) is 0 Å². The standard InChI is InChI=1S/C15H17AsF2N2O3/c1-8(21)12(16-14(22)23-15(2,3)4)13(20-19)10-7-9(17)5-6-11(10)18/h5-7,12,16H,1-4H3/t12-/m1/s1. The number of benzene rings is 1. The number of halogens is 2. The van der Waals surface area contributed by atoms with Crippen LogP contribution in [0.2, 0.25) is 4.71 Å². The molecule has 0 spiro atoms. The molecule has 0 fully saturated rings. The van der Waals surface area contributed by atoms with E-state index in [4.69, 9.17) is 4.74 Å². The molecule has 124 valence electrons. The van der Waals surface area contributed by atoms with Crippen molar-refractivity contribution in [2.24, 2.45) is 0 Å². The topological polar surface area (TPSA) is 79.8 Å². The summed E-state index contributed by atoms with van der Waals surface area (Å²) in [5.74, 6) is -2.07. The second-order valence-corrected chi connectivity index (χ2v) is 8.47. The third-order valence-electron chi connectivity index (χ3n) is 2.65. The third-order valence-corrected chi connectivity index (χ3v) is 5.39. The van der Waals surface area contributed by atoms with Crippen molar-refractivity contribution >= 4 is 32.0 Å². The summed E-state index contributed by atoms with van der Waals surface area (Å²) < 4.78 is 30.6. The number of carbonyl (C=O) groups is 2. The fourth-order valence-electron chi connectivity index (χ4n) is 1.75. The van der Waals surface area contributed by atoms with Gasteiger partial charge in [-0.3, -0.25) is 0 Å². The van der Waals surface area contributed by atoms with Crippen LogP contribution < -0.4 is 0 Å². The van der Waals surface area contributed by atoms with Gasteiger partial charge in [-0.25, -0.2) is 0 Å². The fourth-order valence-corrected chi connectivity index (χ4v) is 4.17. The van der Waals surface area contributed by atoms with Gasteiger partial charge < -0.3 is 0 Å². The van der Waals surface area contributed by atoms with Gasteiger partial charge in [-0.1, -0.05) is 0 Å². The number of rotatable bonds is 5. The zero-order valence-electron chi connectivity index (χ0n) is 13.2. The Balaban J connectivity index is 3.17. The molecule has 0 aliphatic rings. The summed E-state index contributed by atoms with van der Waals surface area (Å²) in [4.78, 5) is 26.7. The molecule has 0 aliphatic heterocycles. The van der Waals surface area contributed by atoms with E-state index in [0.29, 0.717) is 0 Å². The van der Waals surface area contributed by atoms with Crippen LogP contribution in [0.5, 0.6) is 0 Å². The number of nitrogens with zero attached hydrogens (tertiary/aromatic N) is 2. The van der Waals surface area contributed by atoms with Crippen LogP contribution in [0.3, 0.4) is 0 Å². The average molecular weight is 386 g/mol. The van der Waals surface area contributed by atoms with Crippen molar-refractivity contribution < 1.29 is 27.9 Å². The molecule has 0 N–H and O–H groups in total. The second kappa shape index (κ2) is 7.62. The van der Waals surface area contributed by atoms with Gasteiger partial charge in [0.15, 0.2) is 0 Å². The number of Topliss-reactive ketones (excluding diaryl/α,β-unsaturated/α-hetero) is 1. The first-order chi connectivity index (χ1) is 10.5. The molecule has 1 rings (SSSR count). The van der Waals surface area contributed by atoms with E-state index in [9.17, 15) is 23.9 Å². The Bertz CT molecular complexity index is 680. The third kappa shape index (κ3) is 5.70. The van der Waals surface area contributed by atoms with Crippen molar-refractivity contribution in [1.82, 2.24) is 0 Å². The van der Waals surface area contributed by atoms with Gasteiger partial charge in [0, 0.05) is 0 Å². The van der Waals surface area contributed by atoms with Gasteiger partial charge in [0.2, 0.25) is 0 Å². The molecule has 1 aromatic rings. The number of carbonyl (C=O) groups excluding carboxylic acids is 2. The number of ketones is 1. The van der Waals surface area contributed by atoms with Crippen LogP contribution in [-0.2, 0) is 9.53 Å². The summed E-state index contributed by atoms with van der Waals surface area (Å²) in [6, 6.07) is 2.59. The van der Waals surface area contributed by atoms with E-state index >= 15 is 0 Å². The average Bonchev–Trinajstić information content (AvgIpc) is 2.40. The zero-order chi connectivity index (χ0) is 17.8. The van der Waals surface area contributed by atoms with Gasteiger partial charge in [0.1, 0.15) is 0 Å². The van der Waals surface area contributed by atoms with Crippen molar-refractivity contribution in [3.8, 4) is 0 Å². The van der Waals surface area contributed by atoms with Gasteiger partial charge in [0.25, 0.3) is 0 Å². The molecule has 0 aromatic heterocycles. The van der Waals surface area contributed by atoms with Gasteiger partial charge in [-0.2, -0.15) is 0 Å². The number of ether oxygens (including phenoxy) is 1. The molecule has 0 heterocycles. The van der Waals surface area contributed by atoms with Crippen LogP contribution >= 0.6 is 0 Å². The van der Waals surface area contributed by atoms with Crippen molar-refractivity contribution in [2.75, 3.05) is 0 Å². The monoisotopic (exact) mass is 386 g/mol. The van der Waals surface area contributed by atoms with Crippen LogP contribution in [0.15, 0.2) is 18.2 Å². The van der Waals surface area contributed by atoms with Gasteiger partial charge >= 0.3 is 139 Å². The summed E-state index contributed by atoms with van der Waals surface area (Å²) in [7, 11) is 0. The maximum atomic E-state index is 13.9. The summed E-state index contributed by atoms with van der Waals surface area (Å²) >= 11 is -1.75. The quantitative estimate of drug-likeness (QED) is 0.338. The normalized spacial score (nSPS) is 12.8. The Morgan fingerprint density at radius 1 is 1.30 bits per heavy atom. The molecule has 0 aliphatic carbocycles. The Labute approximate surface area is 139 Å². The molecule has 2 atom stereocenters. The van der Waals surface area contributed by atoms with E-state index in [1.54, 1.807) is 20.8 Å². The van der Waals surface area contributed by atoms with Gasteiger partial charge in [-0.05, 0) is 0 Å². The first-order valence-electron chi connectivity index (χ1n) is 6.72. The van der Waals surface area contributed by atoms with Gasteiger partial charge in [0.05, 0.1) is 0 Å². The minimum atomic E-state index is -1.75. The van der Waals surface area contributed by atoms with Crippen LogP contribution in [-0.4, -0.2) is 42.4 Å². The predicted octanol–water partition coefficient (Wildman–Crippen LogP) is 2.73. The van der Waals surface area contributed by atoms with E-state index in [-0.39, 0.29) is 11.3 Å². The fraction of sp³-hybridized carbons (Fsp3) is 0.400. The Morgan fingerprint density at radius 3 is 2.39 bits per heavy atom. The number of hydrogen-bond donors (Lipinski definition) is 0. The summed E-state index contributed by atoms with van der Waals surface area (Å²) in [6.07, 6.45) is 0. The molecule has 23 heavy (non-hydrogen) atoms. The SMILES string of the molecule is CC(=O)[C@@H]([AsH]C(=O)OC(C)(C)C)C(=[N+]=[N-])c1cc(F)ccc1F. The van der Waals surface area contributed by atoms with Crippen LogP contribution in [0, 0.1) is 11.6 Å². The summed E-state index contributed by atoms with van der Waals surface area (Å²) in [5, 5.41) is 0. The molecule has 0 saturated carbocycles. The molecule has 0 amide bonds. The van der Waals surface area contributed by atoms with Gasteiger partial charge in [-0.15, -0.1) is 0 Å². The minimum absolute atomic E-state index is 0.347. The summed E-state index contributed by atoms with van der Waals surface area (Å²) in [6.45, 7) is 6.22. The second-order valence-electron chi connectivity index (χ2n) is 5.80. The van der Waals surface area contributed by atoms with E-state index in [1.165, 1.54) is 6.92 Å². The molecular formula is C15H17AsF2N2O3. The molecule has 0 bridgehead atoms. The number of hydrogen-bond acceptors (Lipinski definition) is 3. The molecule has 8 heteroatoms. The van der Waals surface area contributed by atoms with Crippen LogP contribution in [0.4, 0.5) is 13.6 Å². The van der Waals surface area contributed by atoms with Crippen molar-refractivity contribution in [2.45, 2.75) is 38.0 Å². The van der Waals surface area contributed by atoms with Crippen molar-refractivity contribution in [3.05, 3.63) is 40.9 Å². The van der Waals surface area contributed by atoms with E-state index in [0.717, 1.165) is 18.2 Å². The van der Waals surface area contributed by atoms with Crippen LogP contribution in [0.1, 0.15) is 33.3 Å². The molecule has 0 radical (unpaired) electrons. The Hall–Kier alpha value is -1.84. The van der Waals surface area contributed by atoms with E-state index < -0.39 is 48.2 Å². The van der Waals surface area contributed by atoms with Crippen molar-refractivity contribution in [1.29, 1.82) is 0 Å². The first-order valence-corrected chi connectivity index (χ1v) is 8.98. The van der Waals surface area contributed by atoms with E-state index in [1.807, 2.05) is 0 Å². The molecular weight excluding hydrogens is 369 g/mol. The first kappa shape index (κ1) is 19.2. The molecule has 5 nitrogen and oxygen atoms in total. The maximum absolute atomic E-state index is 13.9. The molecule has 1 unspecified atom stereocenters. The Kier molecular flexibility index (Phi) is 6.36. The molecule has 0 saturated heterocycles. The molecule has 1 aromatic carbocycles. The predicted molar refractivity (Wildman–Crippen MR) is 81.9 cm³/mol. The van der Waals surface area contributed by atoms with E-state index in [2.05, 4.69) is 4.79 Å².